The molecule has 5 heteroatoms. The summed E-state index contributed by atoms with van der Waals surface area (Å²) in [6.07, 6.45) is 3.72. The predicted molar refractivity (Wildman–Crippen MR) is 104 cm³/mol. The quantitative estimate of drug-likeness (QED) is 0.421. The van der Waals surface area contributed by atoms with Crippen LogP contribution in [0, 0.1) is 5.92 Å². The minimum absolute atomic E-state index is 0.665. The summed E-state index contributed by atoms with van der Waals surface area (Å²) in [4.78, 5) is 5.03. The van der Waals surface area contributed by atoms with Crippen LogP contribution < -0.4 is 0 Å². The molecule has 5 nitrogen and oxygen atoms in total. The van der Waals surface area contributed by atoms with Crippen molar-refractivity contribution in [1.82, 2.24) is 9.80 Å². The highest BCUT2D eigenvalue weighted by atomic mass is 16.5. The van der Waals surface area contributed by atoms with Crippen LogP contribution in [0.5, 0.6) is 0 Å². The SMILES string of the molecule is CC(C)CCCCOCCOCCOCCN1CCN(C(C)C)CC1. The van der Waals surface area contributed by atoms with E-state index in [0.717, 1.165) is 45.2 Å². The van der Waals surface area contributed by atoms with Crippen molar-refractivity contribution in [2.45, 2.75) is 53.0 Å². The largest absolute Gasteiger partial charge is 0.379 e. The third-order valence-corrected chi connectivity index (χ3v) is 4.75. The zero-order valence-electron chi connectivity index (χ0n) is 17.2. The van der Waals surface area contributed by atoms with Gasteiger partial charge in [0.1, 0.15) is 0 Å². The number of hydrogen-bond acceptors (Lipinski definition) is 5. The van der Waals surface area contributed by atoms with Crippen molar-refractivity contribution in [3.05, 3.63) is 0 Å². The van der Waals surface area contributed by atoms with Crippen molar-refractivity contribution < 1.29 is 14.2 Å². The Labute approximate surface area is 156 Å². The van der Waals surface area contributed by atoms with Crippen molar-refractivity contribution >= 4 is 0 Å². The van der Waals surface area contributed by atoms with E-state index in [1.165, 1.54) is 25.9 Å². The van der Waals surface area contributed by atoms with Gasteiger partial charge in [-0.05, 0) is 26.2 Å². The smallest absolute Gasteiger partial charge is 0.0701 e. The van der Waals surface area contributed by atoms with Crippen LogP contribution in [0.1, 0.15) is 47.0 Å². The summed E-state index contributed by atoms with van der Waals surface area (Å²) in [5, 5.41) is 0. The third-order valence-electron chi connectivity index (χ3n) is 4.75. The van der Waals surface area contributed by atoms with E-state index >= 15 is 0 Å². The Morgan fingerprint density at radius 3 is 1.80 bits per heavy atom. The average Bonchev–Trinajstić information content (AvgIpc) is 2.59. The minimum Gasteiger partial charge on any atom is -0.379 e. The lowest BCUT2D eigenvalue weighted by molar-refractivity contribution is 0.00660. The van der Waals surface area contributed by atoms with E-state index in [4.69, 9.17) is 14.2 Å². The van der Waals surface area contributed by atoms with Crippen molar-refractivity contribution in [3.63, 3.8) is 0 Å². The van der Waals surface area contributed by atoms with Gasteiger partial charge in [-0.2, -0.15) is 0 Å². The van der Waals surface area contributed by atoms with Crippen molar-refractivity contribution in [2.75, 3.05) is 72.4 Å². The second-order valence-corrected chi connectivity index (χ2v) is 7.70. The molecule has 0 spiro atoms. The minimum atomic E-state index is 0.665. The van der Waals surface area contributed by atoms with Gasteiger partial charge in [0.2, 0.25) is 0 Å². The van der Waals surface area contributed by atoms with E-state index in [9.17, 15) is 0 Å². The molecule has 25 heavy (non-hydrogen) atoms. The van der Waals surface area contributed by atoms with Gasteiger partial charge < -0.3 is 14.2 Å². The summed E-state index contributed by atoms with van der Waals surface area (Å²) >= 11 is 0. The Balaban J connectivity index is 1.76. The zero-order valence-corrected chi connectivity index (χ0v) is 17.2. The number of hydrogen-bond donors (Lipinski definition) is 0. The number of ether oxygens (including phenoxy) is 3. The lowest BCUT2D eigenvalue weighted by atomic mass is 10.1. The van der Waals surface area contributed by atoms with Crippen LogP contribution in [0.2, 0.25) is 0 Å². The maximum Gasteiger partial charge on any atom is 0.0701 e. The summed E-state index contributed by atoms with van der Waals surface area (Å²) in [7, 11) is 0. The summed E-state index contributed by atoms with van der Waals surface area (Å²) in [6.45, 7) is 19.2. The van der Waals surface area contributed by atoms with Crippen LogP contribution in [0.15, 0.2) is 0 Å². The highest BCUT2D eigenvalue weighted by molar-refractivity contribution is 4.73. The molecule has 1 rings (SSSR count). The number of rotatable bonds is 15. The normalized spacial score (nSPS) is 17.0. The first-order valence-corrected chi connectivity index (χ1v) is 10.3. The van der Waals surface area contributed by atoms with Gasteiger partial charge in [-0.3, -0.25) is 9.80 Å². The first-order chi connectivity index (χ1) is 12.1. The van der Waals surface area contributed by atoms with Gasteiger partial charge in [0.05, 0.1) is 33.0 Å². The molecular weight excluding hydrogens is 316 g/mol. The molecule has 150 valence electrons. The summed E-state index contributed by atoms with van der Waals surface area (Å²) in [5.41, 5.74) is 0. The van der Waals surface area contributed by atoms with E-state index in [1.54, 1.807) is 0 Å². The zero-order chi connectivity index (χ0) is 18.3. The molecule has 0 atom stereocenters. The fourth-order valence-corrected chi connectivity index (χ4v) is 3.00. The standard InChI is InChI=1S/C20H42N2O3/c1-19(2)7-5-6-13-23-15-17-25-18-16-24-14-12-21-8-10-22(11-9-21)20(3)4/h19-20H,5-18H2,1-4H3. The highest BCUT2D eigenvalue weighted by Gasteiger charge is 2.17. The Morgan fingerprint density at radius 1 is 0.680 bits per heavy atom. The molecule has 1 aliphatic heterocycles. The molecule has 1 fully saturated rings. The fraction of sp³-hybridized carbons (Fsp3) is 1.00. The lowest BCUT2D eigenvalue weighted by Gasteiger charge is -2.36. The monoisotopic (exact) mass is 358 g/mol. The summed E-state index contributed by atoms with van der Waals surface area (Å²) < 4.78 is 16.8. The Hall–Kier alpha value is -0.200. The van der Waals surface area contributed by atoms with Gasteiger partial charge >= 0.3 is 0 Å². The van der Waals surface area contributed by atoms with Gasteiger partial charge in [0.25, 0.3) is 0 Å². The molecule has 0 amide bonds. The molecule has 0 N–H and O–H groups in total. The second kappa shape index (κ2) is 14.9. The number of nitrogens with zero attached hydrogens (tertiary/aromatic N) is 2. The van der Waals surface area contributed by atoms with Crippen LogP contribution >= 0.6 is 0 Å². The van der Waals surface area contributed by atoms with Gasteiger partial charge in [0, 0.05) is 45.4 Å². The topological polar surface area (TPSA) is 34.2 Å². The third kappa shape index (κ3) is 12.7. The Bertz CT molecular complexity index is 293. The molecule has 1 aliphatic rings. The van der Waals surface area contributed by atoms with Gasteiger partial charge in [-0.15, -0.1) is 0 Å². The van der Waals surface area contributed by atoms with E-state index in [-0.39, 0.29) is 0 Å². The van der Waals surface area contributed by atoms with Crippen molar-refractivity contribution in [3.8, 4) is 0 Å². The number of unbranched alkanes of at least 4 members (excludes halogenated alkanes) is 1. The molecule has 1 heterocycles. The van der Waals surface area contributed by atoms with E-state index in [2.05, 4.69) is 37.5 Å². The number of piperazine rings is 1. The molecule has 0 aromatic carbocycles. The van der Waals surface area contributed by atoms with E-state index in [0.29, 0.717) is 32.5 Å². The van der Waals surface area contributed by atoms with Crippen LogP contribution in [-0.4, -0.2) is 88.2 Å². The maximum absolute atomic E-state index is 5.67. The summed E-state index contributed by atoms with van der Waals surface area (Å²) in [6, 6.07) is 0.666. The van der Waals surface area contributed by atoms with Crippen LogP contribution in [0.4, 0.5) is 0 Å². The molecule has 0 aliphatic carbocycles. The molecule has 0 bridgehead atoms. The van der Waals surface area contributed by atoms with Gasteiger partial charge in [-0.25, -0.2) is 0 Å². The van der Waals surface area contributed by atoms with E-state index in [1.807, 2.05) is 0 Å². The predicted octanol–water partition coefficient (Wildman–Crippen LogP) is 2.89. The highest BCUT2D eigenvalue weighted by Crippen LogP contribution is 2.06. The molecule has 0 aromatic rings. The molecule has 0 aromatic heterocycles. The summed E-state index contributed by atoms with van der Waals surface area (Å²) in [5.74, 6) is 0.799. The van der Waals surface area contributed by atoms with Crippen molar-refractivity contribution in [1.29, 1.82) is 0 Å². The second-order valence-electron chi connectivity index (χ2n) is 7.70. The molecule has 0 radical (unpaired) electrons. The first-order valence-electron chi connectivity index (χ1n) is 10.3. The fourth-order valence-electron chi connectivity index (χ4n) is 3.00. The lowest BCUT2D eigenvalue weighted by Crippen LogP contribution is -2.49. The van der Waals surface area contributed by atoms with Crippen LogP contribution in [0.25, 0.3) is 0 Å². The average molecular weight is 359 g/mol. The molecule has 1 saturated heterocycles. The molecular formula is C20H42N2O3. The maximum atomic E-state index is 5.67. The molecule has 0 unspecified atom stereocenters. The van der Waals surface area contributed by atoms with Gasteiger partial charge in [-0.1, -0.05) is 26.7 Å². The Morgan fingerprint density at radius 2 is 1.24 bits per heavy atom. The van der Waals surface area contributed by atoms with Crippen LogP contribution in [0.3, 0.4) is 0 Å². The Kier molecular flexibility index (Phi) is 13.6. The van der Waals surface area contributed by atoms with Gasteiger partial charge in [0.15, 0.2) is 0 Å². The van der Waals surface area contributed by atoms with Crippen molar-refractivity contribution in [2.24, 2.45) is 5.92 Å². The first kappa shape index (κ1) is 22.8. The van der Waals surface area contributed by atoms with E-state index < -0.39 is 0 Å². The van der Waals surface area contributed by atoms with Crippen LogP contribution in [-0.2, 0) is 14.2 Å². The molecule has 0 saturated carbocycles.